The van der Waals surface area contributed by atoms with E-state index in [2.05, 4.69) is 0 Å². The van der Waals surface area contributed by atoms with E-state index < -0.39 is 11.7 Å². The molecule has 1 aliphatic rings. The van der Waals surface area contributed by atoms with Crippen LogP contribution in [0.2, 0.25) is 0 Å². The molecule has 1 saturated heterocycles. The average molecular weight is 369 g/mol. The van der Waals surface area contributed by atoms with Crippen molar-refractivity contribution < 1.29 is 19.7 Å². The first-order chi connectivity index (χ1) is 13.0. The molecule has 1 fully saturated rings. The predicted octanol–water partition coefficient (Wildman–Crippen LogP) is 2.66. The minimum absolute atomic E-state index is 0.127. The van der Waals surface area contributed by atoms with Gasteiger partial charge in [0.05, 0.1) is 17.8 Å². The number of carbonyl (C=O) groups is 1. The number of hydrogen-bond acceptors (Lipinski definition) is 4. The van der Waals surface area contributed by atoms with Gasteiger partial charge >= 0.3 is 0 Å². The van der Waals surface area contributed by atoms with Crippen molar-refractivity contribution in [3.05, 3.63) is 65.7 Å². The molecule has 5 heteroatoms. The van der Waals surface area contributed by atoms with Crippen molar-refractivity contribution >= 4 is 5.91 Å². The second-order valence-electron chi connectivity index (χ2n) is 7.05. The van der Waals surface area contributed by atoms with Gasteiger partial charge in [-0.1, -0.05) is 49.4 Å². The van der Waals surface area contributed by atoms with E-state index in [9.17, 15) is 15.0 Å². The fourth-order valence-electron chi connectivity index (χ4n) is 3.43. The Hall–Kier alpha value is -2.37. The fraction of sp³-hybridized carbons (Fsp3) is 0.409. The minimum Gasteiger partial charge on any atom is -0.492 e. The first-order valence-corrected chi connectivity index (χ1v) is 9.49. The largest absolute Gasteiger partial charge is 0.492 e. The van der Waals surface area contributed by atoms with Crippen LogP contribution in [0.5, 0.6) is 5.75 Å². The Morgan fingerprint density at radius 1 is 1.19 bits per heavy atom. The van der Waals surface area contributed by atoms with Gasteiger partial charge < -0.3 is 19.8 Å². The van der Waals surface area contributed by atoms with Crippen LogP contribution in [0.3, 0.4) is 0 Å². The lowest BCUT2D eigenvalue weighted by Gasteiger charge is -2.41. The van der Waals surface area contributed by atoms with E-state index in [0.717, 1.165) is 6.42 Å². The van der Waals surface area contributed by atoms with Crippen molar-refractivity contribution in [2.45, 2.75) is 37.9 Å². The average Bonchev–Trinajstić information content (AvgIpc) is 2.71. The van der Waals surface area contributed by atoms with Gasteiger partial charge in [0.25, 0.3) is 5.91 Å². The lowest BCUT2D eigenvalue weighted by molar-refractivity contribution is -0.114. The smallest absolute Gasteiger partial charge is 0.257 e. The third-order valence-corrected chi connectivity index (χ3v) is 5.34. The fourth-order valence-corrected chi connectivity index (χ4v) is 3.43. The Kier molecular flexibility index (Phi) is 6.14. The van der Waals surface area contributed by atoms with Gasteiger partial charge in [-0.25, -0.2) is 0 Å². The van der Waals surface area contributed by atoms with Gasteiger partial charge in [0.15, 0.2) is 0 Å². The number of benzene rings is 2. The Labute approximate surface area is 160 Å². The molecule has 1 heterocycles. The number of amides is 1. The zero-order valence-electron chi connectivity index (χ0n) is 15.7. The Morgan fingerprint density at radius 3 is 2.59 bits per heavy atom. The van der Waals surface area contributed by atoms with E-state index in [1.807, 2.05) is 43.3 Å². The molecule has 0 unspecified atom stereocenters. The Morgan fingerprint density at radius 2 is 1.89 bits per heavy atom. The van der Waals surface area contributed by atoms with Crippen molar-refractivity contribution in [2.75, 3.05) is 19.7 Å². The molecule has 1 aliphatic heterocycles. The summed E-state index contributed by atoms with van der Waals surface area (Å²) in [6, 6.07) is 17.2. The van der Waals surface area contributed by atoms with E-state index in [0.29, 0.717) is 37.3 Å². The number of hydrogen-bond donors (Lipinski definition) is 2. The van der Waals surface area contributed by atoms with Crippen LogP contribution in [-0.4, -0.2) is 52.4 Å². The maximum Gasteiger partial charge on any atom is 0.257 e. The van der Waals surface area contributed by atoms with E-state index >= 15 is 0 Å². The molecule has 0 bridgehead atoms. The van der Waals surface area contributed by atoms with Crippen LogP contribution in [0.15, 0.2) is 54.6 Å². The zero-order valence-corrected chi connectivity index (χ0v) is 15.7. The highest BCUT2D eigenvalue weighted by molar-refractivity contribution is 5.97. The summed E-state index contributed by atoms with van der Waals surface area (Å²) >= 11 is 0. The number of rotatable bonds is 6. The molecule has 0 aromatic heterocycles. The predicted molar refractivity (Wildman–Crippen MR) is 104 cm³/mol. The van der Waals surface area contributed by atoms with Gasteiger partial charge in [-0.2, -0.15) is 0 Å². The minimum atomic E-state index is -1.11. The third kappa shape index (κ3) is 4.49. The molecule has 5 nitrogen and oxygen atoms in total. The first-order valence-electron chi connectivity index (χ1n) is 9.49. The summed E-state index contributed by atoms with van der Waals surface area (Å²) in [6.07, 6.45) is 0.657. The van der Waals surface area contributed by atoms with Gasteiger partial charge in [-0.3, -0.25) is 4.79 Å². The van der Waals surface area contributed by atoms with Crippen LogP contribution in [0.1, 0.15) is 35.7 Å². The van der Waals surface area contributed by atoms with Crippen LogP contribution < -0.4 is 4.74 Å². The highest BCUT2D eigenvalue weighted by Gasteiger charge is 2.40. The Bertz CT molecular complexity index is 764. The van der Waals surface area contributed by atoms with Crippen LogP contribution in [0.4, 0.5) is 0 Å². The number of β-amino-alcohol motifs (C(OH)–C–C–N with tert-alkyl or cyclic N) is 1. The maximum atomic E-state index is 13.0. The maximum absolute atomic E-state index is 13.0. The topological polar surface area (TPSA) is 70.0 Å². The lowest BCUT2D eigenvalue weighted by Crippen LogP contribution is -2.56. The number of ether oxygens (including phenoxy) is 1. The first kappa shape index (κ1) is 19.4. The molecular weight excluding hydrogens is 342 g/mol. The molecule has 27 heavy (non-hydrogen) atoms. The SMILES string of the molecule is CC[C@@]1(O)CCN(C(=O)c2ccccc2OCCc2ccccc2)C[C@H]1O. The summed E-state index contributed by atoms with van der Waals surface area (Å²) < 4.78 is 5.88. The van der Waals surface area contributed by atoms with Crippen molar-refractivity contribution in [1.82, 2.24) is 4.90 Å². The summed E-state index contributed by atoms with van der Waals surface area (Å²) in [5.74, 6) is 0.367. The quantitative estimate of drug-likeness (QED) is 0.821. The summed E-state index contributed by atoms with van der Waals surface area (Å²) in [6.45, 7) is 2.86. The van der Waals surface area contributed by atoms with E-state index in [4.69, 9.17) is 4.74 Å². The second kappa shape index (κ2) is 8.55. The zero-order chi connectivity index (χ0) is 19.3. The number of carbonyl (C=O) groups excluding carboxylic acids is 1. The molecule has 0 radical (unpaired) electrons. The monoisotopic (exact) mass is 369 g/mol. The second-order valence-corrected chi connectivity index (χ2v) is 7.05. The summed E-state index contributed by atoms with van der Waals surface area (Å²) in [4.78, 5) is 14.5. The Balaban J connectivity index is 1.65. The van der Waals surface area contributed by atoms with Crippen LogP contribution in [0.25, 0.3) is 0 Å². The van der Waals surface area contributed by atoms with Crippen LogP contribution in [0, 0.1) is 0 Å². The summed E-state index contributed by atoms with van der Waals surface area (Å²) in [5.41, 5.74) is 0.557. The standard InChI is InChI=1S/C22H27NO4/c1-2-22(26)13-14-23(16-20(22)24)21(25)18-10-6-7-11-19(18)27-15-12-17-8-4-3-5-9-17/h3-11,20,24,26H,2,12-16H2,1H3/t20-,22-/m1/s1. The number of nitrogens with zero attached hydrogens (tertiary/aromatic N) is 1. The number of piperidine rings is 1. The van der Waals surface area contributed by atoms with Gasteiger partial charge in [-0.15, -0.1) is 0 Å². The molecular formula is C22H27NO4. The van der Waals surface area contributed by atoms with E-state index in [1.54, 1.807) is 23.1 Å². The molecule has 2 aromatic rings. The summed E-state index contributed by atoms with van der Waals surface area (Å²) in [5, 5.41) is 20.6. The molecule has 2 N–H and O–H groups in total. The third-order valence-electron chi connectivity index (χ3n) is 5.34. The molecule has 0 spiro atoms. The molecule has 3 rings (SSSR count). The highest BCUT2D eigenvalue weighted by atomic mass is 16.5. The highest BCUT2D eigenvalue weighted by Crippen LogP contribution is 2.28. The molecule has 0 aliphatic carbocycles. The van der Waals surface area contributed by atoms with Gasteiger partial charge in [0.1, 0.15) is 11.9 Å². The molecule has 2 atom stereocenters. The number of likely N-dealkylation sites (tertiary alicyclic amines) is 1. The van der Waals surface area contributed by atoms with Crippen molar-refractivity contribution in [1.29, 1.82) is 0 Å². The lowest BCUT2D eigenvalue weighted by atomic mass is 9.86. The molecule has 144 valence electrons. The summed E-state index contributed by atoms with van der Waals surface area (Å²) in [7, 11) is 0. The number of aliphatic hydroxyl groups is 2. The van der Waals surface area contributed by atoms with Crippen molar-refractivity contribution in [3.63, 3.8) is 0 Å². The van der Waals surface area contributed by atoms with Gasteiger partial charge in [0, 0.05) is 19.5 Å². The van der Waals surface area contributed by atoms with E-state index in [-0.39, 0.29) is 12.5 Å². The van der Waals surface area contributed by atoms with Gasteiger partial charge in [-0.05, 0) is 30.5 Å². The molecule has 2 aromatic carbocycles. The van der Waals surface area contributed by atoms with Crippen molar-refractivity contribution in [2.24, 2.45) is 0 Å². The number of para-hydroxylation sites is 1. The molecule has 0 saturated carbocycles. The molecule has 1 amide bonds. The van der Waals surface area contributed by atoms with Gasteiger partial charge in [0.2, 0.25) is 0 Å². The number of aliphatic hydroxyl groups excluding tert-OH is 1. The van der Waals surface area contributed by atoms with Crippen molar-refractivity contribution in [3.8, 4) is 5.75 Å². The normalized spacial score (nSPS) is 22.5. The van der Waals surface area contributed by atoms with E-state index in [1.165, 1.54) is 5.56 Å². The van der Waals surface area contributed by atoms with Crippen LogP contribution >= 0.6 is 0 Å². The van der Waals surface area contributed by atoms with Crippen LogP contribution in [-0.2, 0) is 6.42 Å².